The highest BCUT2D eigenvalue weighted by molar-refractivity contribution is 6.74. The molecule has 1 heterocycles. The van der Waals surface area contributed by atoms with E-state index in [1.807, 2.05) is 13.0 Å². The molecule has 1 aromatic rings. The Morgan fingerprint density at radius 2 is 1.94 bits per heavy atom. The largest absolute Gasteiger partial charge is 0.417 e. The average molecular weight is 269 g/mol. The molecule has 0 N–H and O–H groups in total. The van der Waals surface area contributed by atoms with Crippen LogP contribution in [0.5, 0.6) is 0 Å². The SMILES string of the molecule is Cc1cc(CCCCO[Si](C)(C)C(C)(C)C)on1. The monoisotopic (exact) mass is 269 g/mol. The Morgan fingerprint density at radius 1 is 1.28 bits per heavy atom. The molecule has 0 unspecified atom stereocenters. The van der Waals surface area contributed by atoms with E-state index in [1.54, 1.807) is 0 Å². The van der Waals surface area contributed by atoms with Crippen molar-refractivity contribution in [3.8, 4) is 0 Å². The Kier molecular flexibility index (Phi) is 5.17. The second kappa shape index (κ2) is 6.02. The van der Waals surface area contributed by atoms with Crippen molar-refractivity contribution in [2.45, 2.75) is 65.1 Å². The maximum atomic E-state index is 6.13. The Balaban J connectivity index is 2.19. The quantitative estimate of drug-likeness (QED) is 0.569. The van der Waals surface area contributed by atoms with E-state index in [4.69, 9.17) is 8.95 Å². The molecule has 0 aliphatic carbocycles. The zero-order valence-corrected chi connectivity index (χ0v) is 13.7. The molecular formula is C14H27NO2Si. The molecule has 4 heteroatoms. The first-order chi connectivity index (χ1) is 8.22. The third kappa shape index (κ3) is 4.57. The Morgan fingerprint density at radius 3 is 2.44 bits per heavy atom. The summed E-state index contributed by atoms with van der Waals surface area (Å²) in [5, 5.41) is 4.19. The molecule has 0 aliphatic rings. The van der Waals surface area contributed by atoms with Crippen LogP contribution in [-0.4, -0.2) is 20.1 Å². The van der Waals surface area contributed by atoms with Crippen molar-refractivity contribution in [2.24, 2.45) is 0 Å². The highest BCUT2D eigenvalue weighted by Crippen LogP contribution is 2.36. The van der Waals surface area contributed by atoms with Crippen LogP contribution in [0.25, 0.3) is 0 Å². The number of aryl methyl sites for hydroxylation is 2. The van der Waals surface area contributed by atoms with E-state index in [1.165, 1.54) is 0 Å². The van der Waals surface area contributed by atoms with Gasteiger partial charge in [0.15, 0.2) is 8.32 Å². The van der Waals surface area contributed by atoms with Gasteiger partial charge in [-0.3, -0.25) is 0 Å². The molecule has 1 aromatic heterocycles. The summed E-state index contributed by atoms with van der Waals surface area (Å²) in [7, 11) is -1.57. The van der Waals surface area contributed by atoms with Gasteiger partial charge in [-0.2, -0.15) is 0 Å². The topological polar surface area (TPSA) is 35.3 Å². The van der Waals surface area contributed by atoms with Crippen LogP contribution < -0.4 is 0 Å². The van der Waals surface area contributed by atoms with Crippen molar-refractivity contribution in [2.75, 3.05) is 6.61 Å². The number of hydrogen-bond acceptors (Lipinski definition) is 3. The fourth-order valence-corrected chi connectivity index (χ4v) is 2.57. The molecule has 3 nitrogen and oxygen atoms in total. The van der Waals surface area contributed by atoms with E-state index in [0.717, 1.165) is 37.3 Å². The summed E-state index contributed by atoms with van der Waals surface area (Å²) in [6.45, 7) is 14.2. The van der Waals surface area contributed by atoms with Crippen LogP contribution in [0.4, 0.5) is 0 Å². The van der Waals surface area contributed by atoms with Gasteiger partial charge in [-0.1, -0.05) is 25.9 Å². The van der Waals surface area contributed by atoms with Crippen LogP contribution in [0.3, 0.4) is 0 Å². The van der Waals surface area contributed by atoms with Gasteiger partial charge >= 0.3 is 0 Å². The Bertz CT molecular complexity index is 366. The molecule has 0 spiro atoms. The fourth-order valence-electron chi connectivity index (χ4n) is 1.48. The molecular weight excluding hydrogens is 242 g/mol. The van der Waals surface area contributed by atoms with E-state index in [-0.39, 0.29) is 0 Å². The molecule has 0 aliphatic heterocycles. The zero-order valence-electron chi connectivity index (χ0n) is 12.7. The van der Waals surface area contributed by atoms with Crippen molar-refractivity contribution in [3.63, 3.8) is 0 Å². The Hall–Kier alpha value is -0.613. The Labute approximate surface area is 112 Å². The van der Waals surface area contributed by atoms with Crippen LogP contribution in [-0.2, 0) is 10.8 Å². The van der Waals surface area contributed by atoms with Gasteiger partial charge in [-0.05, 0) is 37.9 Å². The smallest absolute Gasteiger partial charge is 0.191 e. The minimum atomic E-state index is -1.57. The first-order valence-electron chi connectivity index (χ1n) is 6.78. The van der Waals surface area contributed by atoms with Crippen LogP contribution in [0.2, 0.25) is 18.1 Å². The lowest BCUT2D eigenvalue weighted by molar-refractivity contribution is 0.276. The van der Waals surface area contributed by atoms with Crippen LogP contribution >= 0.6 is 0 Å². The predicted octanol–water partition coefficient (Wildman–Crippen LogP) is 4.33. The summed E-state index contributed by atoms with van der Waals surface area (Å²) < 4.78 is 11.3. The summed E-state index contributed by atoms with van der Waals surface area (Å²) >= 11 is 0. The number of hydrogen-bond donors (Lipinski definition) is 0. The van der Waals surface area contributed by atoms with E-state index >= 15 is 0 Å². The van der Waals surface area contributed by atoms with Gasteiger partial charge in [0, 0.05) is 19.1 Å². The van der Waals surface area contributed by atoms with E-state index < -0.39 is 8.32 Å². The van der Waals surface area contributed by atoms with Crippen molar-refractivity contribution >= 4 is 8.32 Å². The van der Waals surface area contributed by atoms with E-state index in [0.29, 0.717) is 5.04 Å². The van der Waals surface area contributed by atoms with Gasteiger partial charge in [-0.15, -0.1) is 0 Å². The second-order valence-electron chi connectivity index (χ2n) is 6.50. The lowest BCUT2D eigenvalue weighted by Gasteiger charge is -2.36. The van der Waals surface area contributed by atoms with Gasteiger partial charge in [0.1, 0.15) is 5.76 Å². The summed E-state index contributed by atoms with van der Waals surface area (Å²) in [5.74, 6) is 0.986. The van der Waals surface area contributed by atoms with Gasteiger partial charge in [0.05, 0.1) is 5.69 Å². The molecule has 0 atom stereocenters. The van der Waals surface area contributed by atoms with Gasteiger partial charge in [-0.25, -0.2) is 0 Å². The highest BCUT2D eigenvalue weighted by Gasteiger charge is 2.36. The van der Waals surface area contributed by atoms with Crippen LogP contribution in [0.1, 0.15) is 45.1 Å². The van der Waals surface area contributed by atoms with Crippen LogP contribution in [0, 0.1) is 6.92 Å². The highest BCUT2D eigenvalue weighted by atomic mass is 28.4. The lowest BCUT2D eigenvalue weighted by Crippen LogP contribution is -2.40. The molecule has 0 saturated heterocycles. The van der Waals surface area contributed by atoms with E-state index in [2.05, 4.69) is 39.0 Å². The van der Waals surface area contributed by atoms with Crippen molar-refractivity contribution in [1.82, 2.24) is 5.16 Å². The lowest BCUT2D eigenvalue weighted by atomic mass is 10.2. The van der Waals surface area contributed by atoms with Gasteiger partial charge in [0.2, 0.25) is 0 Å². The maximum Gasteiger partial charge on any atom is 0.191 e. The molecule has 0 fully saturated rings. The van der Waals surface area contributed by atoms with Gasteiger partial charge < -0.3 is 8.95 Å². The average Bonchev–Trinajstić information content (AvgIpc) is 2.62. The minimum absolute atomic E-state index is 0.301. The second-order valence-corrected chi connectivity index (χ2v) is 11.3. The number of aromatic nitrogens is 1. The molecule has 18 heavy (non-hydrogen) atoms. The summed E-state index contributed by atoms with van der Waals surface area (Å²) in [4.78, 5) is 0. The molecule has 104 valence electrons. The zero-order chi connectivity index (χ0) is 13.8. The number of nitrogens with zero attached hydrogens (tertiary/aromatic N) is 1. The van der Waals surface area contributed by atoms with Gasteiger partial charge in [0.25, 0.3) is 0 Å². The van der Waals surface area contributed by atoms with Crippen molar-refractivity contribution in [1.29, 1.82) is 0 Å². The van der Waals surface area contributed by atoms with E-state index in [9.17, 15) is 0 Å². The van der Waals surface area contributed by atoms with Crippen LogP contribution in [0.15, 0.2) is 10.6 Å². The van der Waals surface area contributed by atoms with Crippen molar-refractivity contribution in [3.05, 3.63) is 17.5 Å². The molecule has 1 rings (SSSR count). The molecule has 0 amide bonds. The normalized spacial score (nSPS) is 13.0. The molecule has 0 radical (unpaired) electrons. The maximum absolute atomic E-state index is 6.13. The standard InChI is InChI=1S/C14H27NO2Si/c1-12-11-13(17-15-12)9-7-8-10-16-18(5,6)14(2,3)4/h11H,7-10H2,1-6H3. The first kappa shape index (κ1) is 15.4. The third-order valence-corrected chi connectivity index (χ3v) is 8.30. The third-order valence-electron chi connectivity index (χ3n) is 3.76. The summed E-state index contributed by atoms with van der Waals surface area (Å²) in [6.07, 6.45) is 3.15. The molecule has 0 bridgehead atoms. The number of unbranched alkanes of at least 4 members (excludes halogenated alkanes) is 1. The fraction of sp³-hybridized carbons (Fsp3) is 0.786. The summed E-state index contributed by atoms with van der Waals surface area (Å²) in [6, 6.07) is 2.01. The molecule has 0 saturated carbocycles. The number of rotatable bonds is 6. The summed E-state index contributed by atoms with van der Waals surface area (Å²) in [5.41, 5.74) is 0.961. The minimum Gasteiger partial charge on any atom is -0.417 e. The first-order valence-corrected chi connectivity index (χ1v) is 9.69. The molecule has 0 aromatic carbocycles. The predicted molar refractivity (Wildman–Crippen MR) is 77.3 cm³/mol. The van der Waals surface area contributed by atoms with Crippen molar-refractivity contribution < 1.29 is 8.95 Å².